The molecule has 0 spiro atoms. The Morgan fingerprint density at radius 1 is 1.15 bits per heavy atom. The summed E-state index contributed by atoms with van der Waals surface area (Å²) in [5.41, 5.74) is 2.28. The average Bonchev–Trinajstić information content (AvgIpc) is 3.38. The van der Waals surface area contributed by atoms with Crippen LogP contribution in [0.2, 0.25) is 0 Å². The molecule has 6 heteroatoms. The van der Waals surface area contributed by atoms with Crippen molar-refractivity contribution in [2.75, 3.05) is 18.2 Å². The third kappa shape index (κ3) is 3.66. The fourth-order valence-electron chi connectivity index (χ4n) is 2.94. The highest BCUT2D eigenvalue weighted by atomic mass is 32.1. The molecule has 2 aromatic carbocycles. The van der Waals surface area contributed by atoms with Crippen LogP contribution in [-0.2, 0) is 0 Å². The van der Waals surface area contributed by atoms with Crippen molar-refractivity contribution in [1.29, 1.82) is 0 Å². The first-order valence-corrected chi connectivity index (χ1v) is 9.86. The standard InChI is InChI=1S/C21H20N2O3S/c1-2-3-11-23(16-7-5-4-6-8-16)21(24)17-13-27-20(22-17)15-9-10-18-19(12-15)26-14-25-18/h4-10,12-13H,2-3,11,14H2,1H3. The molecule has 4 rings (SSSR count). The summed E-state index contributed by atoms with van der Waals surface area (Å²) in [6.45, 7) is 3.04. The van der Waals surface area contributed by atoms with E-state index >= 15 is 0 Å². The Hall–Kier alpha value is -2.86. The Bertz CT molecular complexity index is 940. The van der Waals surface area contributed by atoms with Crippen LogP contribution in [0.1, 0.15) is 30.3 Å². The van der Waals surface area contributed by atoms with E-state index in [1.165, 1.54) is 11.3 Å². The van der Waals surface area contributed by atoms with Gasteiger partial charge in [0.1, 0.15) is 10.7 Å². The largest absolute Gasteiger partial charge is 0.454 e. The number of nitrogens with zero attached hydrogens (tertiary/aromatic N) is 2. The summed E-state index contributed by atoms with van der Waals surface area (Å²) in [6.07, 6.45) is 1.97. The van der Waals surface area contributed by atoms with Crippen molar-refractivity contribution in [3.05, 3.63) is 59.6 Å². The predicted molar refractivity (Wildman–Crippen MR) is 107 cm³/mol. The number of para-hydroxylation sites is 1. The van der Waals surface area contributed by atoms with Crippen molar-refractivity contribution < 1.29 is 14.3 Å². The van der Waals surface area contributed by atoms with E-state index in [9.17, 15) is 4.79 Å². The van der Waals surface area contributed by atoms with E-state index in [0.717, 1.165) is 34.8 Å². The number of hydrogen-bond donors (Lipinski definition) is 0. The fraction of sp³-hybridized carbons (Fsp3) is 0.238. The third-order valence-corrected chi connectivity index (χ3v) is 5.28. The van der Waals surface area contributed by atoms with Crippen molar-refractivity contribution >= 4 is 22.9 Å². The van der Waals surface area contributed by atoms with Gasteiger partial charge in [-0.05, 0) is 36.8 Å². The van der Waals surface area contributed by atoms with E-state index in [4.69, 9.17) is 9.47 Å². The quantitative estimate of drug-likeness (QED) is 0.605. The lowest BCUT2D eigenvalue weighted by atomic mass is 10.2. The van der Waals surface area contributed by atoms with Crippen LogP contribution in [0.5, 0.6) is 11.5 Å². The number of benzene rings is 2. The van der Waals surface area contributed by atoms with Crippen molar-refractivity contribution in [2.45, 2.75) is 19.8 Å². The third-order valence-electron chi connectivity index (χ3n) is 4.39. The number of fused-ring (bicyclic) bond motifs is 1. The van der Waals surface area contributed by atoms with Crippen LogP contribution in [0.15, 0.2) is 53.9 Å². The average molecular weight is 380 g/mol. The van der Waals surface area contributed by atoms with Crippen LogP contribution in [0.4, 0.5) is 5.69 Å². The Morgan fingerprint density at radius 3 is 2.78 bits per heavy atom. The topological polar surface area (TPSA) is 51.7 Å². The van der Waals surface area contributed by atoms with Gasteiger partial charge in [0.2, 0.25) is 6.79 Å². The molecule has 27 heavy (non-hydrogen) atoms. The van der Waals surface area contributed by atoms with Crippen molar-refractivity contribution in [3.63, 3.8) is 0 Å². The molecule has 1 aliphatic heterocycles. The van der Waals surface area contributed by atoms with Gasteiger partial charge in [0.05, 0.1) is 0 Å². The second-order valence-corrected chi connectivity index (χ2v) is 7.11. The molecule has 1 aromatic heterocycles. The molecule has 1 aliphatic rings. The number of unbranched alkanes of at least 4 members (excludes halogenated alkanes) is 1. The van der Waals surface area contributed by atoms with Gasteiger partial charge >= 0.3 is 0 Å². The van der Waals surface area contributed by atoms with Gasteiger partial charge in [-0.25, -0.2) is 4.98 Å². The molecule has 138 valence electrons. The Labute approximate surface area is 162 Å². The van der Waals surface area contributed by atoms with Gasteiger partial charge in [0.25, 0.3) is 5.91 Å². The second kappa shape index (κ2) is 7.80. The lowest BCUT2D eigenvalue weighted by Crippen LogP contribution is -2.32. The van der Waals surface area contributed by atoms with E-state index in [1.54, 1.807) is 0 Å². The Balaban J connectivity index is 1.60. The monoisotopic (exact) mass is 380 g/mol. The van der Waals surface area contributed by atoms with Gasteiger partial charge in [0.15, 0.2) is 11.5 Å². The summed E-state index contributed by atoms with van der Waals surface area (Å²) >= 11 is 1.46. The molecular weight excluding hydrogens is 360 g/mol. The highest BCUT2D eigenvalue weighted by Crippen LogP contribution is 2.36. The van der Waals surface area contributed by atoms with Gasteiger partial charge in [-0.15, -0.1) is 11.3 Å². The minimum absolute atomic E-state index is 0.0714. The first kappa shape index (κ1) is 17.5. The van der Waals surface area contributed by atoms with Gasteiger partial charge in [-0.3, -0.25) is 4.79 Å². The number of aromatic nitrogens is 1. The van der Waals surface area contributed by atoms with E-state index in [-0.39, 0.29) is 12.7 Å². The summed E-state index contributed by atoms with van der Waals surface area (Å²) in [6, 6.07) is 15.5. The molecule has 5 nitrogen and oxygen atoms in total. The molecule has 0 aliphatic carbocycles. The van der Waals surface area contributed by atoms with E-state index in [1.807, 2.05) is 58.8 Å². The molecule has 0 radical (unpaired) electrons. The maximum absolute atomic E-state index is 13.1. The lowest BCUT2D eigenvalue weighted by Gasteiger charge is -2.21. The van der Waals surface area contributed by atoms with Gasteiger partial charge < -0.3 is 14.4 Å². The summed E-state index contributed by atoms with van der Waals surface area (Å²) in [7, 11) is 0. The maximum Gasteiger partial charge on any atom is 0.277 e. The zero-order valence-corrected chi connectivity index (χ0v) is 15.9. The normalized spacial score (nSPS) is 12.2. The van der Waals surface area contributed by atoms with Crippen LogP contribution in [-0.4, -0.2) is 24.2 Å². The molecule has 0 saturated carbocycles. The minimum atomic E-state index is -0.0714. The number of rotatable bonds is 6. The molecule has 0 saturated heterocycles. The van der Waals surface area contributed by atoms with E-state index in [2.05, 4.69) is 11.9 Å². The molecule has 0 atom stereocenters. The molecular formula is C21H20N2O3S. The van der Waals surface area contributed by atoms with Crippen LogP contribution >= 0.6 is 11.3 Å². The number of anilines is 1. The molecule has 0 fully saturated rings. The van der Waals surface area contributed by atoms with Crippen LogP contribution in [0.25, 0.3) is 10.6 Å². The molecule has 0 unspecified atom stereocenters. The zero-order valence-electron chi connectivity index (χ0n) is 15.1. The number of thiazole rings is 1. The number of carbonyl (C=O) groups is 1. The SMILES string of the molecule is CCCCN(C(=O)c1csc(-c2ccc3c(c2)OCO3)n1)c1ccccc1. The number of ether oxygens (including phenoxy) is 2. The van der Waals surface area contributed by atoms with Crippen LogP contribution < -0.4 is 14.4 Å². The summed E-state index contributed by atoms with van der Waals surface area (Å²) < 4.78 is 10.8. The highest BCUT2D eigenvalue weighted by molar-refractivity contribution is 7.13. The van der Waals surface area contributed by atoms with Gasteiger partial charge in [-0.1, -0.05) is 31.5 Å². The molecule has 1 amide bonds. The van der Waals surface area contributed by atoms with Crippen LogP contribution in [0, 0.1) is 0 Å². The van der Waals surface area contributed by atoms with E-state index < -0.39 is 0 Å². The number of amides is 1. The molecule has 3 aromatic rings. The summed E-state index contributed by atoms with van der Waals surface area (Å²) in [4.78, 5) is 19.5. The first-order valence-electron chi connectivity index (χ1n) is 8.98. The van der Waals surface area contributed by atoms with Gasteiger partial charge in [0, 0.05) is 23.2 Å². The number of carbonyl (C=O) groups excluding carboxylic acids is 1. The van der Waals surface area contributed by atoms with E-state index in [0.29, 0.717) is 18.0 Å². The van der Waals surface area contributed by atoms with Crippen molar-refractivity contribution in [1.82, 2.24) is 4.98 Å². The number of hydrogen-bond acceptors (Lipinski definition) is 5. The summed E-state index contributed by atoms with van der Waals surface area (Å²) in [5.74, 6) is 1.38. The smallest absolute Gasteiger partial charge is 0.277 e. The van der Waals surface area contributed by atoms with Gasteiger partial charge in [-0.2, -0.15) is 0 Å². The van der Waals surface area contributed by atoms with Crippen LogP contribution in [0.3, 0.4) is 0 Å². The minimum Gasteiger partial charge on any atom is -0.454 e. The molecule has 2 heterocycles. The Kier molecular flexibility index (Phi) is 5.07. The second-order valence-electron chi connectivity index (χ2n) is 6.25. The fourth-order valence-corrected chi connectivity index (χ4v) is 3.74. The first-order chi connectivity index (χ1) is 13.3. The Morgan fingerprint density at radius 2 is 1.96 bits per heavy atom. The highest BCUT2D eigenvalue weighted by Gasteiger charge is 2.21. The van der Waals surface area contributed by atoms with Crippen molar-refractivity contribution in [2.24, 2.45) is 0 Å². The maximum atomic E-state index is 13.1. The molecule has 0 bridgehead atoms. The van der Waals surface area contributed by atoms with Crippen molar-refractivity contribution in [3.8, 4) is 22.1 Å². The predicted octanol–water partition coefficient (Wildman–Crippen LogP) is 4.99. The zero-order chi connectivity index (χ0) is 18.6. The molecule has 0 N–H and O–H groups in total. The lowest BCUT2D eigenvalue weighted by molar-refractivity contribution is 0.0982. The summed E-state index contributed by atoms with van der Waals surface area (Å²) in [5, 5.41) is 2.62.